The van der Waals surface area contributed by atoms with Gasteiger partial charge in [0.2, 0.25) is 0 Å². The van der Waals surface area contributed by atoms with Crippen LogP contribution >= 0.6 is 0 Å². The summed E-state index contributed by atoms with van der Waals surface area (Å²) in [6, 6.07) is 6.36. The standard InChI is InChI=1S/C28H43F3O/c1-3-9-22(2)27(20-7-4-8-21-27)25-16-12-23(13-17-25)10-5-6-11-24-14-18-26(19-15-24)32-28(29,30)31/h14-15,18-19,22-23,25H,3-13,16-17,20-21H2,1-2H3/t22?,23-,25-. The Hall–Kier alpha value is -1.19. The SMILES string of the molecule is CCCC(C)C1([C@H]2CC[C@H](CCCCc3ccc(OC(F)(F)F)cc3)CC2)CCCCC1. The second-order valence-corrected chi connectivity index (χ2v) is 10.6. The van der Waals surface area contributed by atoms with E-state index in [2.05, 4.69) is 18.6 Å². The maximum atomic E-state index is 12.3. The second kappa shape index (κ2) is 11.8. The van der Waals surface area contributed by atoms with E-state index in [9.17, 15) is 13.2 Å². The van der Waals surface area contributed by atoms with Crippen molar-refractivity contribution in [3.8, 4) is 5.75 Å². The summed E-state index contributed by atoms with van der Waals surface area (Å²) in [6.07, 6.45) is 15.6. The summed E-state index contributed by atoms with van der Waals surface area (Å²) in [5.41, 5.74) is 1.72. The quantitative estimate of drug-likeness (QED) is 0.321. The number of hydrogen-bond donors (Lipinski definition) is 0. The molecule has 2 saturated carbocycles. The number of aryl methyl sites for hydroxylation is 1. The zero-order valence-electron chi connectivity index (χ0n) is 20.2. The predicted octanol–water partition coefficient (Wildman–Crippen LogP) is 9.49. The molecule has 182 valence electrons. The topological polar surface area (TPSA) is 9.23 Å². The molecule has 0 amide bonds. The second-order valence-electron chi connectivity index (χ2n) is 10.6. The molecule has 1 aromatic carbocycles. The van der Waals surface area contributed by atoms with Gasteiger partial charge in [-0.15, -0.1) is 13.2 Å². The first-order valence-corrected chi connectivity index (χ1v) is 13.2. The Balaban J connectivity index is 1.38. The van der Waals surface area contributed by atoms with E-state index < -0.39 is 6.36 Å². The van der Waals surface area contributed by atoms with Crippen molar-refractivity contribution in [2.45, 2.75) is 117 Å². The van der Waals surface area contributed by atoms with Gasteiger partial charge in [-0.1, -0.05) is 83.8 Å². The van der Waals surface area contributed by atoms with E-state index in [4.69, 9.17) is 0 Å². The lowest BCUT2D eigenvalue weighted by atomic mass is 9.55. The van der Waals surface area contributed by atoms with Gasteiger partial charge in [-0.05, 0) is 79.4 Å². The highest BCUT2D eigenvalue weighted by atomic mass is 19.4. The molecule has 1 unspecified atom stereocenters. The van der Waals surface area contributed by atoms with Crippen LogP contribution in [0.2, 0.25) is 0 Å². The summed E-state index contributed by atoms with van der Waals surface area (Å²) in [5.74, 6) is 2.55. The zero-order valence-corrected chi connectivity index (χ0v) is 20.2. The molecule has 0 saturated heterocycles. The molecule has 32 heavy (non-hydrogen) atoms. The highest BCUT2D eigenvalue weighted by Gasteiger charge is 2.44. The fraction of sp³-hybridized carbons (Fsp3) is 0.786. The maximum absolute atomic E-state index is 12.3. The Kier molecular flexibility index (Phi) is 9.37. The lowest BCUT2D eigenvalue weighted by Crippen LogP contribution is -2.40. The van der Waals surface area contributed by atoms with E-state index >= 15 is 0 Å². The van der Waals surface area contributed by atoms with Crippen molar-refractivity contribution in [1.82, 2.24) is 0 Å². The Morgan fingerprint density at radius 2 is 1.62 bits per heavy atom. The first-order chi connectivity index (χ1) is 15.3. The summed E-state index contributed by atoms with van der Waals surface area (Å²) >= 11 is 0. The fourth-order valence-electron chi connectivity index (χ4n) is 6.88. The van der Waals surface area contributed by atoms with Gasteiger partial charge >= 0.3 is 6.36 Å². The minimum absolute atomic E-state index is 0.137. The van der Waals surface area contributed by atoms with Crippen molar-refractivity contribution in [3.05, 3.63) is 29.8 Å². The summed E-state index contributed by atoms with van der Waals surface area (Å²) < 4.78 is 40.8. The van der Waals surface area contributed by atoms with Crippen LogP contribution in [-0.4, -0.2) is 6.36 Å². The number of benzene rings is 1. The third-order valence-corrected chi connectivity index (χ3v) is 8.63. The molecule has 0 radical (unpaired) electrons. The minimum atomic E-state index is -4.62. The summed E-state index contributed by atoms with van der Waals surface area (Å²) in [5, 5.41) is 0. The van der Waals surface area contributed by atoms with E-state index in [-0.39, 0.29) is 5.75 Å². The monoisotopic (exact) mass is 452 g/mol. The van der Waals surface area contributed by atoms with Crippen molar-refractivity contribution in [3.63, 3.8) is 0 Å². The molecule has 1 aromatic rings. The van der Waals surface area contributed by atoms with Gasteiger partial charge in [0.1, 0.15) is 5.75 Å². The smallest absolute Gasteiger partial charge is 0.406 e. The molecule has 2 aliphatic carbocycles. The number of halogens is 3. The van der Waals surface area contributed by atoms with Crippen molar-refractivity contribution < 1.29 is 17.9 Å². The normalized spacial score (nSPS) is 24.8. The van der Waals surface area contributed by atoms with E-state index in [0.717, 1.165) is 36.2 Å². The molecule has 2 fully saturated rings. The van der Waals surface area contributed by atoms with Crippen LogP contribution < -0.4 is 4.74 Å². The molecule has 4 heteroatoms. The molecule has 1 atom stereocenters. The highest BCUT2D eigenvalue weighted by molar-refractivity contribution is 5.27. The van der Waals surface area contributed by atoms with Gasteiger partial charge in [0.25, 0.3) is 0 Å². The van der Waals surface area contributed by atoms with Crippen LogP contribution in [-0.2, 0) is 6.42 Å². The van der Waals surface area contributed by atoms with Crippen molar-refractivity contribution in [2.75, 3.05) is 0 Å². The molecule has 0 aromatic heterocycles. The van der Waals surface area contributed by atoms with Crippen LogP contribution in [0.5, 0.6) is 5.75 Å². The van der Waals surface area contributed by atoms with Gasteiger partial charge < -0.3 is 4.74 Å². The third-order valence-electron chi connectivity index (χ3n) is 8.63. The van der Waals surface area contributed by atoms with Crippen LogP contribution in [0.4, 0.5) is 13.2 Å². The van der Waals surface area contributed by atoms with E-state index in [1.807, 2.05) is 0 Å². The van der Waals surface area contributed by atoms with E-state index in [1.54, 1.807) is 12.1 Å². The van der Waals surface area contributed by atoms with Crippen LogP contribution in [0.25, 0.3) is 0 Å². The highest BCUT2D eigenvalue weighted by Crippen LogP contribution is 2.54. The zero-order chi connectivity index (χ0) is 23.0. The first-order valence-electron chi connectivity index (χ1n) is 13.2. The molecule has 0 aliphatic heterocycles. The molecule has 0 spiro atoms. The van der Waals surface area contributed by atoms with E-state index in [0.29, 0.717) is 5.41 Å². The summed E-state index contributed by atoms with van der Waals surface area (Å²) in [7, 11) is 0. The molecule has 0 N–H and O–H groups in total. The molecule has 0 heterocycles. The van der Waals surface area contributed by atoms with Gasteiger partial charge in [0.15, 0.2) is 0 Å². The summed E-state index contributed by atoms with van der Waals surface area (Å²) in [6.45, 7) is 4.89. The largest absolute Gasteiger partial charge is 0.573 e. The summed E-state index contributed by atoms with van der Waals surface area (Å²) in [4.78, 5) is 0. The molecule has 3 rings (SSSR count). The molecule has 1 nitrogen and oxygen atoms in total. The Morgan fingerprint density at radius 1 is 0.969 bits per heavy atom. The Labute approximate surface area is 193 Å². The third kappa shape index (κ3) is 7.15. The molecular weight excluding hydrogens is 409 g/mol. The average molecular weight is 453 g/mol. The van der Waals surface area contributed by atoms with Crippen LogP contribution in [0, 0.1) is 23.2 Å². The van der Waals surface area contributed by atoms with Crippen LogP contribution in [0.15, 0.2) is 24.3 Å². The van der Waals surface area contributed by atoms with Crippen molar-refractivity contribution >= 4 is 0 Å². The number of ether oxygens (including phenoxy) is 1. The number of alkyl halides is 3. The fourth-order valence-corrected chi connectivity index (χ4v) is 6.88. The van der Waals surface area contributed by atoms with Crippen molar-refractivity contribution in [2.24, 2.45) is 23.2 Å². The van der Waals surface area contributed by atoms with Crippen LogP contribution in [0.3, 0.4) is 0 Å². The average Bonchev–Trinajstić information content (AvgIpc) is 2.78. The molecule has 0 bridgehead atoms. The van der Waals surface area contributed by atoms with Gasteiger partial charge in [-0.2, -0.15) is 0 Å². The molecular formula is C28H43F3O. The lowest BCUT2D eigenvalue weighted by molar-refractivity contribution is -0.274. The molecule has 2 aliphatic rings. The van der Waals surface area contributed by atoms with Gasteiger partial charge in [-0.25, -0.2) is 0 Å². The number of hydrogen-bond acceptors (Lipinski definition) is 1. The minimum Gasteiger partial charge on any atom is -0.406 e. The van der Waals surface area contributed by atoms with Crippen LogP contribution in [0.1, 0.15) is 109 Å². The van der Waals surface area contributed by atoms with Gasteiger partial charge in [0.05, 0.1) is 0 Å². The Bertz CT molecular complexity index is 652. The number of unbranched alkanes of at least 4 members (excludes halogenated alkanes) is 1. The van der Waals surface area contributed by atoms with Crippen molar-refractivity contribution in [1.29, 1.82) is 0 Å². The van der Waals surface area contributed by atoms with Gasteiger partial charge in [-0.3, -0.25) is 0 Å². The first kappa shape index (κ1) is 25.4. The number of rotatable bonds is 10. The predicted molar refractivity (Wildman–Crippen MR) is 126 cm³/mol. The Morgan fingerprint density at radius 3 is 2.22 bits per heavy atom. The van der Waals surface area contributed by atoms with E-state index in [1.165, 1.54) is 95.6 Å². The van der Waals surface area contributed by atoms with Gasteiger partial charge in [0, 0.05) is 0 Å². The lowest BCUT2D eigenvalue weighted by Gasteiger charge is -2.50. The maximum Gasteiger partial charge on any atom is 0.573 e.